The average molecular weight is 339 g/mol. The number of hydrogen-bond donors (Lipinski definition) is 1. The van der Waals surface area contributed by atoms with Crippen LogP contribution in [0.15, 0.2) is 54.6 Å². The Hall–Kier alpha value is -2.82. The van der Waals surface area contributed by atoms with E-state index in [9.17, 15) is 14.7 Å². The Morgan fingerprint density at radius 1 is 1.04 bits per heavy atom. The number of aliphatic carboxylic acids is 1. The van der Waals surface area contributed by atoms with Crippen molar-refractivity contribution in [3.8, 4) is 5.75 Å². The Labute approximate surface area is 146 Å². The summed E-state index contributed by atoms with van der Waals surface area (Å²) in [6.07, 6.45) is 1.21. The minimum absolute atomic E-state index is 0.105. The number of carbonyl (C=O) groups excluding carboxylic acids is 1. The van der Waals surface area contributed by atoms with E-state index in [1.807, 2.05) is 30.3 Å². The highest BCUT2D eigenvalue weighted by atomic mass is 16.5. The van der Waals surface area contributed by atoms with Gasteiger partial charge in [0.1, 0.15) is 5.75 Å². The van der Waals surface area contributed by atoms with E-state index in [-0.39, 0.29) is 18.5 Å². The van der Waals surface area contributed by atoms with E-state index < -0.39 is 11.9 Å². The van der Waals surface area contributed by atoms with E-state index in [1.54, 1.807) is 36.3 Å². The molecule has 1 fully saturated rings. The van der Waals surface area contributed by atoms with Crippen LogP contribution in [0.5, 0.6) is 5.75 Å². The van der Waals surface area contributed by atoms with Crippen molar-refractivity contribution in [2.24, 2.45) is 5.92 Å². The van der Waals surface area contributed by atoms with E-state index in [0.29, 0.717) is 24.2 Å². The largest absolute Gasteiger partial charge is 0.497 e. The molecule has 1 saturated heterocycles. The van der Waals surface area contributed by atoms with Crippen molar-refractivity contribution in [2.45, 2.75) is 18.9 Å². The first-order chi connectivity index (χ1) is 12.1. The van der Waals surface area contributed by atoms with E-state index in [2.05, 4.69) is 0 Å². The topological polar surface area (TPSA) is 66.8 Å². The van der Waals surface area contributed by atoms with Crippen LogP contribution in [0.4, 0.5) is 0 Å². The molecule has 3 rings (SSSR count). The first-order valence-electron chi connectivity index (χ1n) is 8.33. The third-order valence-corrected chi connectivity index (χ3v) is 4.71. The molecule has 0 bridgehead atoms. The lowest BCUT2D eigenvalue weighted by Gasteiger charge is -2.38. The van der Waals surface area contributed by atoms with Gasteiger partial charge in [0.2, 0.25) is 0 Å². The molecule has 2 unspecified atom stereocenters. The summed E-state index contributed by atoms with van der Waals surface area (Å²) < 4.78 is 5.13. The highest BCUT2D eigenvalue weighted by Gasteiger charge is 2.35. The van der Waals surface area contributed by atoms with Gasteiger partial charge in [0.25, 0.3) is 5.91 Å². The first kappa shape index (κ1) is 17.0. The normalized spacial score (nSPS) is 20.1. The fraction of sp³-hybridized carbons (Fsp3) is 0.300. The molecule has 0 saturated carbocycles. The number of likely N-dealkylation sites (tertiary alicyclic amines) is 1. The minimum Gasteiger partial charge on any atom is -0.497 e. The lowest BCUT2D eigenvalue weighted by atomic mass is 9.88. The summed E-state index contributed by atoms with van der Waals surface area (Å²) in [6.45, 7) is 0.222. The zero-order valence-corrected chi connectivity index (χ0v) is 14.1. The van der Waals surface area contributed by atoms with Crippen LogP contribution in [-0.4, -0.2) is 35.5 Å². The molecule has 5 heteroatoms. The molecule has 1 N–H and O–H groups in total. The number of piperidine rings is 1. The monoisotopic (exact) mass is 339 g/mol. The van der Waals surface area contributed by atoms with Crippen molar-refractivity contribution in [2.75, 3.05) is 13.7 Å². The van der Waals surface area contributed by atoms with Gasteiger partial charge >= 0.3 is 5.97 Å². The van der Waals surface area contributed by atoms with Gasteiger partial charge in [-0.15, -0.1) is 0 Å². The maximum absolute atomic E-state index is 13.0. The van der Waals surface area contributed by atoms with Crippen molar-refractivity contribution >= 4 is 11.9 Å². The van der Waals surface area contributed by atoms with Crippen LogP contribution in [0.3, 0.4) is 0 Å². The van der Waals surface area contributed by atoms with Crippen LogP contribution < -0.4 is 4.74 Å². The fourth-order valence-electron chi connectivity index (χ4n) is 3.32. The number of rotatable bonds is 4. The summed E-state index contributed by atoms with van der Waals surface area (Å²) in [6, 6.07) is 16.6. The second-order valence-electron chi connectivity index (χ2n) is 6.23. The van der Waals surface area contributed by atoms with Gasteiger partial charge in [-0.2, -0.15) is 0 Å². The quantitative estimate of drug-likeness (QED) is 0.927. The molecular formula is C20H21NO4. The highest BCUT2D eigenvalue weighted by Crippen LogP contribution is 2.34. The van der Waals surface area contributed by atoms with Crippen LogP contribution in [-0.2, 0) is 4.79 Å². The lowest BCUT2D eigenvalue weighted by Crippen LogP contribution is -2.44. The summed E-state index contributed by atoms with van der Waals surface area (Å²) in [5, 5.41) is 9.38. The van der Waals surface area contributed by atoms with Crippen LogP contribution in [0.2, 0.25) is 0 Å². The van der Waals surface area contributed by atoms with Gasteiger partial charge < -0.3 is 14.7 Å². The van der Waals surface area contributed by atoms with E-state index in [0.717, 1.165) is 5.56 Å². The number of hydrogen-bond acceptors (Lipinski definition) is 3. The molecule has 0 aromatic heterocycles. The zero-order valence-electron chi connectivity index (χ0n) is 14.1. The molecule has 130 valence electrons. The molecule has 1 aliphatic heterocycles. The van der Waals surface area contributed by atoms with E-state index in [4.69, 9.17) is 4.74 Å². The summed E-state index contributed by atoms with van der Waals surface area (Å²) in [5.74, 6) is -0.845. The SMILES string of the molecule is COc1ccc(C(=O)N2CC(C(=O)O)CCC2c2ccccc2)cc1. The number of nitrogens with zero attached hydrogens (tertiary/aromatic N) is 1. The average Bonchev–Trinajstić information content (AvgIpc) is 2.67. The lowest BCUT2D eigenvalue weighted by molar-refractivity contribution is -0.143. The number of benzene rings is 2. The van der Waals surface area contributed by atoms with Crippen molar-refractivity contribution in [3.05, 3.63) is 65.7 Å². The van der Waals surface area contributed by atoms with Gasteiger partial charge in [-0.3, -0.25) is 9.59 Å². The third-order valence-electron chi connectivity index (χ3n) is 4.71. The van der Waals surface area contributed by atoms with Gasteiger partial charge in [0.15, 0.2) is 0 Å². The van der Waals surface area contributed by atoms with Gasteiger partial charge in [-0.05, 0) is 42.7 Å². The van der Waals surface area contributed by atoms with Gasteiger partial charge in [0, 0.05) is 12.1 Å². The molecule has 1 amide bonds. The van der Waals surface area contributed by atoms with Crippen LogP contribution in [0.25, 0.3) is 0 Å². The smallest absolute Gasteiger partial charge is 0.308 e. The number of carboxylic acid groups (broad SMARTS) is 1. The van der Waals surface area contributed by atoms with Crippen molar-refractivity contribution in [1.82, 2.24) is 4.90 Å². The number of ether oxygens (including phenoxy) is 1. The number of amides is 1. The molecular weight excluding hydrogens is 318 g/mol. The Kier molecular flexibility index (Phi) is 5.03. The fourth-order valence-corrected chi connectivity index (χ4v) is 3.32. The Morgan fingerprint density at radius 3 is 2.32 bits per heavy atom. The van der Waals surface area contributed by atoms with Gasteiger partial charge in [-0.1, -0.05) is 30.3 Å². The molecule has 0 aliphatic carbocycles. The maximum atomic E-state index is 13.0. The van der Waals surface area contributed by atoms with Crippen LogP contribution >= 0.6 is 0 Å². The molecule has 5 nitrogen and oxygen atoms in total. The second-order valence-corrected chi connectivity index (χ2v) is 6.23. The maximum Gasteiger partial charge on any atom is 0.308 e. The minimum atomic E-state index is -0.848. The van der Waals surface area contributed by atoms with E-state index in [1.165, 1.54) is 0 Å². The molecule has 2 aromatic carbocycles. The molecule has 2 aromatic rings. The highest BCUT2D eigenvalue weighted by molar-refractivity contribution is 5.95. The number of carbonyl (C=O) groups is 2. The molecule has 25 heavy (non-hydrogen) atoms. The van der Waals surface area contributed by atoms with Gasteiger partial charge in [0.05, 0.1) is 19.1 Å². The second kappa shape index (κ2) is 7.38. The summed E-state index contributed by atoms with van der Waals surface area (Å²) >= 11 is 0. The molecule has 0 spiro atoms. The predicted molar refractivity (Wildman–Crippen MR) is 93.6 cm³/mol. The van der Waals surface area contributed by atoms with Crippen LogP contribution in [0, 0.1) is 5.92 Å². The molecule has 1 aliphatic rings. The van der Waals surface area contributed by atoms with Gasteiger partial charge in [-0.25, -0.2) is 0 Å². The summed E-state index contributed by atoms with van der Waals surface area (Å²) in [4.78, 5) is 26.2. The molecule has 1 heterocycles. The first-order valence-corrected chi connectivity index (χ1v) is 8.33. The van der Waals surface area contributed by atoms with E-state index >= 15 is 0 Å². The third kappa shape index (κ3) is 3.65. The van der Waals surface area contributed by atoms with Crippen molar-refractivity contribution in [3.63, 3.8) is 0 Å². The number of carboxylic acids is 1. The predicted octanol–water partition coefficient (Wildman–Crippen LogP) is 3.37. The van der Waals surface area contributed by atoms with Crippen molar-refractivity contribution in [1.29, 1.82) is 0 Å². The van der Waals surface area contributed by atoms with Crippen LogP contribution in [0.1, 0.15) is 34.8 Å². The standard InChI is InChI=1S/C20H21NO4/c1-25-17-10-7-15(8-11-17)19(22)21-13-16(20(23)24)9-12-18(21)14-5-3-2-4-6-14/h2-8,10-11,16,18H,9,12-13H2,1H3,(H,23,24). The molecule has 0 radical (unpaired) electrons. The Morgan fingerprint density at radius 2 is 1.72 bits per heavy atom. The Bertz CT molecular complexity index is 742. The Balaban J connectivity index is 1.90. The summed E-state index contributed by atoms with van der Waals surface area (Å²) in [5.41, 5.74) is 1.57. The summed E-state index contributed by atoms with van der Waals surface area (Å²) in [7, 11) is 1.57. The molecule has 2 atom stereocenters. The number of methoxy groups -OCH3 is 1. The zero-order chi connectivity index (χ0) is 17.8. The van der Waals surface area contributed by atoms with Crippen molar-refractivity contribution < 1.29 is 19.4 Å².